The Kier molecular flexibility index (Phi) is 5.03. The predicted molar refractivity (Wildman–Crippen MR) is 73.9 cm³/mol. The third kappa shape index (κ3) is 3.96. The van der Waals surface area contributed by atoms with E-state index in [9.17, 15) is 4.79 Å². The zero-order valence-corrected chi connectivity index (χ0v) is 11.9. The smallest absolute Gasteiger partial charge is 0.333 e. The van der Waals surface area contributed by atoms with Gasteiger partial charge >= 0.3 is 5.97 Å². The van der Waals surface area contributed by atoms with Gasteiger partial charge in [-0.1, -0.05) is 0 Å². The van der Waals surface area contributed by atoms with E-state index < -0.39 is 5.97 Å². The Morgan fingerprint density at radius 1 is 1.44 bits per heavy atom. The lowest BCUT2D eigenvalue weighted by Gasteiger charge is -2.08. The number of carboxylic acid groups (broad SMARTS) is 1. The van der Waals surface area contributed by atoms with E-state index in [4.69, 9.17) is 5.11 Å². The quantitative estimate of drug-likeness (QED) is 0.389. The summed E-state index contributed by atoms with van der Waals surface area (Å²) in [6.07, 6.45) is 1.66. The van der Waals surface area contributed by atoms with Gasteiger partial charge in [0.1, 0.15) is 10.4 Å². The molecule has 0 saturated carbocycles. The van der Waals surface area contributed by atoms with Gasteiger partial charge in [0.25, 0.3) is 0 Å². The van der Waals surface area contributed by atoms with Gasteiger partial charge in [-0.15, -0.1) is 0 Å². The summed E-state index contributed by atoms with van der Waals surface area (Å²) < 4.78 is 0.641. The molecule has 0 atom stereocenters. The highest BCUT2D eigenvalue weighted by Gasteiger charge is 2.06. The molecule has 0 amide bonds. The lowest BCUT2D eigenvalue weighted by Crippen LogP contribution is -2.20. The SMILES string of the molecule is CC(=Nc1cccnc1Br)N/C(C)=C(\C)C(=O)O. The maximum Gasteiger partial charge on any atom is 0.333 e. The van der Waals surface area contributed by atoms with Gasteiger partial charge in [-0.05, 0) is 48.8 Å². The molecule has 0 aromatic carbocycles. The van der Waals surface area contributed by atoms with E-state index in [1.54, 1.807) is 26.1 Å². The molecule has 6 heteroatoms. The largest absolute Gasteiger partial charge is 0.478 e. The summed E-state index contributed by atoms with van der Waals surface area (Å²) in [7, 11) is 0. The summed E-state index contributed by atoms with van der Waals surface area (Å²) in [4.78, 5) is 19.1. The van der Waals surface area contributed by atoms with Crippen LogP contribution in [0, 0.1) is 0 Å². The van der Waals surface area contributed by atoms with Crippen LogP contribution in [0.2, 0.25) is 0 Å². The van der Waals surface area contributed by atoms with E-state index in [0.717, 1.165) is 0 Å². The number of nitrogens with zero attached hydrogens (tertiary/aromatic N) is 2. The first-order valence-corrected chi connectivity index (χ1v) is 6.04. The van der Waals surface area contributed by atoms with Crippen LogP contribution in [0.1, 0.15) is 20.8 Å². The lowest BCUT2D eigenvalue weighted by molar-refractivity contribution is -0.132. The zero-order chi connectivity index (χ0) is 13.7. The van der Waals surface area contributed by atoms with Crippen molar-refractivity contribution in [1.82, 2.24) is 10.3 Å². The monoisotopic (exact) mass is 311 g/mol. The Hall–Kier alpha value is -1.69. The number of hydrogen-bond acceptors (Lipinski definition) is 3. The minimum Gasteiger partial charge on any atom is -0.478 e. The average Bonchev–Trinajstić information content (AvgIpc) is 2.30. The van der Waals surface area contributed by atoms with Crippen molar-refractivity contribution < 1.29 is 9.90 Å². The normalized spacial score (nSPS) is 13.0. The van der Waals surface area contributed by atoms with Crippen LogP contribution in [0.25, 0.3) is 0 Å². The summed E-state index contributed by atoms with van der Waals surface area (Å²) in [6.45, 7) is 5.00. The van der Waals surface area contributed by atoms with Gasteiger partial charge in [-0.3, -0.25) is 0 Å². The fraction of sp³-hybridized carbons (Fsp3) is 0.250. The molecule has 0 spiro atoms. The second kappa shape index (κ2) is 6.30. The highest BCUT2D eigenvalue weighted by molar-refractivity contribution is 9.10. The molecule has 5 nitrogen and oxygen atoms in total. The highest BCUT2D eigenvalue weighted by Crippen LogP contribution is 2.21. The fourth-order valence-electron chi connectivity index (χ4n) is 1.20. The second-order valence-corrected chi connectivity index (χ2v) is 4.44. The standard InChI is InChI=1S/C12H14BrN3O2/c1-7(12(17)18)8(2)15-9(3)16-10-5-4-6-14-11(10)13/h4-6H,1-3H3,(H,15,16)(H,17,18)/b8-7+. The van der Waals surface area contributed by atoms with Crippen LogP contribution in [0.4, 0.5) is 5.69 Å². The number of halogens is 1. The maximum absolute atomic E-state index is 10.8. The van der Waals surface area contributed by atoms with Crippen molar-refractivity contribution in [3.63, 3.8) is 0 Å². The number of aliphatic imine (C=N–C) groups is 1. The number of allylic oxidation sites excluding steroid dienone is 1. The van der Waals surface area contributed by atoms with Crippen molar-refractivity contribution in [2.24, 2.45) is 4.99 Å². The molecule has 1 aromatic rings. The van der Waals surface area contributed by atoms with Gasteiger partial charge in [0.15, 0.2) is 0 Å². The van der Waals surface area contributed by atoms with Crippen LogP contribution in [0.5, 0.6) is 0 Å². The molecule has 0 aliphatic carbocycles. The molecule has 0 unspecified atom stereocenters. The van der Waals surface area contributed by atoms with Crippen LogP contribution >= 0.6 is 15.9 Å². The minimum atomic E-state index is -0.949. The third-order valence-electron chi connectivity index (χ3n) is 2.28. The maximum atomic E-state index is 10.8. The summed E-state index contributed by atoms with van der Waals surface area (Å²) in [6, 6.07) is 3.59. The molecule has 18 heavy (non-hydrogen) atoms. The van der Waals surface area contributed by atoms with Crippen LogP contribution in [-0.2, 0) is 4.79 Å². The van der Waals surface area contributed by atoms with Gasteiger partial charge in [0.05, 0.1) is 11.3 Å². The molecular weight excluding hydrogens is 298 g/mol. The van der Waals surface area contributed by atoms with Crippen molar-refractivity contribution in [3.05, 3.63) is 34.2 Å². The molecule has 0 fully saturated rings. The third-order valence-corrected chi connectivity index (χ3v) is 2.89. The topological polar surface area (TPSA) is 74.6 Å². The molecular formula is C12H14BrN3O2. The molecule has 1 heterocycles. The van der Waals surface area contributed by atoms with Gasteiger partial charge < -0.3 is 10.4 Å². The van der Waals surface area contributed by atoms with E-state index in [-0.39, 0.29) is 5.57 Å². The number of aromatic nitrogens is 1. The van der Waals surface area contributed by atoms with Gasteiger partial charge in [-0.25, -0.2) is 14.8 Å². The van der Waals surface area contributed by atoms with Crippen molar-refractivity contribution in [3.8, 4) is 0 Å². The molecule has 1 aromatic heterocycles. The van der Waals surface area contributed by atoms with Crippen molar-refractivity contribution in [1.29, 1.82) is 0 Å². The molecule has 1 rings (SSSR count). The first-order valence-electron chi connectivity index (χ1n) is 5.25. The molecule has 96 valence electrons. The van der Waals surface area contributed by atoms with Gasteiger partial charge in [0, 0.05) is 11.9 Å². The van der Waals surface area contributed by atoms with E-state index in [1.165, 1.54) is 6.92 Å². The Balaban J connectivity index is 2.90. The molecule has 2 N–H and O–H groups in total. The first kappa shape index (κ1) is 14.4. The summed E-state index contributed by atoms with van der Waals surface area (Å²) in [5.41, 5.74) is 1.50. The Bertz CT molecular complexity index is 524. The number of carbonyl (C=O) groups is 1. The zero-order valence-electron chi connectivity index (χ0n) is 10.4. The number of rotatable bonds is 3. The highest BCUT2D eigenvalue weighted by atomic mass is 79.9. The molecule has 0 aliphatic rings. The molecule has 0 saturated heterocycles. The van der Waals surface area contributed by atoms with Gasteiger partial charge in [-0.2, -0.15) is 0 Å². The minimum absolute atomic E-state index is 0.259. The lowest BCUT2D eigenvalue weighted by atomic mass is 10.2. The van der Waals surface area contributed by atoms with Crippen molar-refractivity contribution in [2.45, 2.75) is 20.8 Å². The number of carboxylic acids is 1. The first-order chi connectivity index (χ1) is 8.41. The molecule has 0 radical (unpaired) electrons. The van der Waals surface area contributed by atoms with Crippen LogP contribution in [0.3, 0.4) is 0 Å². The van der Waals surface area contributed by atoms with Crippen molar-refractivity contribution >= 4 is 33.4 Å². The average molecular weight is 312 g/mol. The van der Waals surface area contributed by atoms with Crippen LogP contribution < -0.4 is 5.32 Å². The Morgan fingerprint density at radius 2 is 2.11 bits per heavy atom. The van der Waals surface area contributed by atoms with Crippen LogP contribution in [-0.4, -0.2) is 21.9 Å². The van der Waals surface area contributed by atoms with E-state index in [2.05, 4.69) is 31.2 Å². The van der Waals surface area contributed by atoms with Gasteiger partial charge in [0.2, 0.25) is 0 Å². The molecule has 0 aliphatic heterocycles. The number of amidine groups is 1. The van der Waals surface area contributed by atoms with Crippen LogP contribution in [0.15, 0.2) is 39.2 Å². The number of aliphatic carboxylic acids is 1. The molecule has 0 bridgehead atoms. The Labute approximate surface area is 114 Å². The fourth-order valence-corrected chi connectivity index (χ4v) is 1.53. The second-order valence-electron chi connectivity index (χ2n) is 3.69. The predicted octanol–water partition coefficient (Wildman–Crippen LogP) is 2.86. The number of pyridine rings is 1. The van der Waals surface area contributed by atoms with Crippen molar-refractivity contribution in [2.75, 3.05) is 0 Å². The summed E-state index contributed by atoms with van der Waals surface area (Å²) in [5.74, 6) is -0.350. The van der Waals surface area contributed by atoms with E-state index >= 15 is 0 Å². The summed E-state index contributed by atoms with van der Waals surface area (Å²) in [5, 5.41) is 11.8. The number of hydrogen-bond donors (Lipinski definition) is 2. The van der Waals surface area contributed by atoms with E-state index in [1.807, 2.05) is 6.07 Å². The number of nitrogens with one attached hydrogen (secondary N) is 1. The summed E-state index contributed by atoms with van der Waals surface area (Å²) >= 11 is 3.29. The Morgan fingerprint density at radius 3 is 2.67 bits per heavy atom. The van der Waals surface area contributed by atoms with E-state index in [0.29, 0.717) is 21.8 Å².